The molecule has 0 radical (unpaired) electrons. The number of aromatic nitrogens is 3. The van der Waals surface area contributed by atoms with Crippen molar-refractivity contribution >= 4 is 56.0 Å². The van der Waals surface area contributed by atoms with E-state index in [1.165, 1.54) is 11.3 Å². The number of aryl methyl sites for hydroxylation is 2. The van der Waals surface area contributed by atoms with Crippen LogP contribution in [0.2, 0.25) is 5.02 Å². The van der Waals surface area contributed by atoms with Gasteiger partial charge in [0.2, 0.25) is 5.91 Å². The fraction of sp³-hybridized carbons (Fsp3) is 0.208. The lowest BCUT2D eigenvalue weighted by Crippen LogP contribution is -2.43. The van der Waals surface area contributed by atoms with Crippen molar-refractivity contribution in [2.75, 3.05) is 18.0 Å². The molecule has 0 saturated heterocycles. The molecule has 0 N–H and O–H groups in total. The van der Waals surface area contributed by atoms with Crippen LogP contribution in [0.25, 0.3) is 10.2 Å². The monoisotopic (exact) mass is 493 g/mol. The Bertz CT molecular complexity index is 1380. The van der Waals surface area contributed by atoms with Crippen LogP contribution in [-0.4, -0.2) is 50.2 Å². The summed E-state index contributed by atoms with van der Waals surface area (Å²) in [5.41, 5.74) is 2.21. The molecule has 4 aromatic rings. The molecule has 5 rings (SSSR count). The van der Waals surface area contributed by atoms with Crippen molar-refractivity contribution in [2.45, 2.75) is 19.9 Å². The summed E-state index contributed by atoms with van der Waals surface area (Å²) < 4.78 is 2.83. The molecule has 1 aliphatic rings. The normalized spacial score (nSPS) is 13.1. The van der Waals surface area contributed by atoms with E-state index in [0.717, 1.165) is 20.7 Å². The second-order valence-electron chi connectivity index (χ2n) is 7.96. The molecule has 1 aliphatic heterocycles. The summed E-state index contributed by atoms with van der Waals surface area (Å²) in [6, 6.07) is 10.3. The number of rotatable bonds is 7. The summed E-state index contributed by atoms with van der Waals surface area (Å²) in [6.45, 7) is 2.56. The van der Waals surface area contributed by atoms with Crippen LogP contribution in [0.1, 0.15) is 32.7 Å². The highest BCUT2D eigenvalue weighted by Crippen LogP contribution is 2.34. The molecule has 2 aromatic carbocycles. The Balaban J connectivity index is 1.42. The van der Waals surface area contributed by atoms with Crippen LogP contribution in [0.4, 0.5) is 5.13 Å². The van der Waals surface area contributed by atoms with Crippen LogP contribution in [0.3, 0.4) is 0 Å². The zero-order chi connectivity index (χ0) is 23.8. The van der Waals surface area contributed by atoms with Gasteiger partial charge in [-0.05, 0) is 43.2 Å². The average Bonchev–Trinajstić information content (AvgIpc) is 3.56. The summed E-state index contributed by atoms with van der Waals surface area (Å²) in [5, 5.41) is 1.11. The molecule has 8 nitrogen and oxygen atoms in total. The maximum Gasteiger partial charge on any atom is 0.262 e. The fourth-order valence-electron chi connectivity index (χ4n) is 3.97. The Morgan fingerprint density at radius 2 is 1.85 bits per heavy atom. The highest BCUT2D eigenvalue weighted by molar-refractivity contribution is 7.22. The first-order chi connectivity index (χ1) is 16.4. The van der Waals surface area contributed by atoms with E-state index < -0.39 is 11.8 Å². The number of nitrogens with zero attached hydrogens (tertiary/aromatic N) is 5. The van der Waals surface area contributed by atoms with E-state index in [1.807, 2.05) is 29.8 Å². The number of benzene rings is 2. The van der Waals surface area contributed by atoms with Crippen molar-refractivity contribution in [2.24, 2.45) is 0 Å². The molecule has 172 valence electrons. The number of imide groups is 1. The second kappa shape index (κ2) is 9.00. The Labute approximate surface area is 204 Å². The first kappa shape index (κ1) is 22.2. The number of amides is 3. The highest BCUT2D eigenvalue weighted by Gasteiger charge is 2.37. The molecule has 0 unspecified atom stereocenters. The number of halogens is 1. The van der Waals surface area contributed by atoms with E-state index in [0.29, 0.717) is 40.8 Å². The number of thiazole rings is 1. The van der Waals surface area contributed by atoms with Gasteiger partial charge >= 0.3 is 0 Å². The van der Waals surface area contributed by atoms with Crippen LogP contribution in [0.5, 0.6) is 0 Å². The van der Waals surface area contributed by atoms with Crippen LogP contribution in [0, 0.1) is 6.92 Å². The highest BCUT2D eigenvalue weighted by atomic mass is 35.5. The van der Waals surface area contributed by atoms with Gasteiger partial charge in [0.1, 0.15) is 6.54 Å². The largest absolute Gasteiger partial charge is 0.337 e. The predicted octanol–water partition coefficient (Wildman–Crippen LogP) is 4.17. The number of fused-ring (bicyclic) bond motifs is 2. The molecule has 3 amide bonds. The minimum absolute atomic E-state index is 0.317. The van der Waals surface area contributed by atoms with Crippen molar-refractivity contribution in [3.8, 4) is 0 Å². The third-order valence-corrected chi connectivity index (χ3v) is 7.25. The number of carbonyl (C=O) groups excluding carboxylic acids is 3. The van der Waals surface area contributed by atoms with Crippen molar-refractivity contribution in [3.05, 3.63) is 76.8 Å². The van der Waals surface area contributed by atoms with Gasteiger partial charge in [-0.2, -0.15) is 0 Å². The molecule has 0 fully saturated rings. The molecule has 0 saturated carbocycles. The van der Waals surface area contributed by atoms with Crippen LogP contribution >= 0.6 is 22.9 Å². The average molecular weight is 494 g/mol. The molecular weight excluding hydrogens is 474 g/mol. The lowest BCUT2D eigenvalue weighted by atomic mass is 10.1. The summed E-state index contributed by atoms with van der Waals surface area (Å²) >= 11 is 7.64. The van der Waals surface area contributed by atoms with Crippen LogP contribution in [0.15, 0.2) is 55.1 Å². The van der Waals surface area contributed by atoms with Gasteiger partial charge in [0.25, 0.3) is 11.8 Å². The quantitative estimate of drug-likeness (QED) is 0.360. The fourth-order valence-corrected chi connectivity index (χ4v) is 5.19. The van der Waals surface area contributed by atoms with E-state index in [9.17, 15) is 14.4 Å². The van der Waals surface area contributed by atoms with Crippen molar-refractivity contribution in [1.82, 2.24) is 19.4 Å². The van der Waals surface area contributed by atoms with Gasteiger partial charge in [-0.25, -0.2) is 9.97 Å². The Morgan fingerprint density at radius 1 is 1.12 bits per heavy atom. The Hall–Kier alpha value is -3.56. The van der Waals surface area contributed by atoms with Crippen molar-refractivity contribution < 1.29 is 14.4 Å². The zero-order valence-electron chi connectivity index (χ0n) is 18.3. The van der Waals surface area contributed by atoms with E-state index in [1.54, 1.807) is 41.7 Å². The molecule has 0 atom stereocenters. The standard InChI is InChI=1S/C24H20ClN5O3S/c1-15-18(25)7-8-19-21(15)27-24(34-19)29(11-4-10-28-12-9-26-14-28)20(31)13-30-22(32)16-5-2-3-6-17(16)23(30)33/h2-3,5-9,12,14H,4,10-11,13H2,1H3. The lowest BCUT2D eigenvalue weighted by molar-refractivity contribution is -0.119. The maximum atomic E-state index is 13.5. The van der Waals surface area contributed by atoms with E-state index >= 15 is 0 Å². The third kappa shape index (κ3) is 3.97. The summed E-state index contributed by atoms with van der Waals surface area (Å²) in [7, 11) is 0. The van der Waals surface area contributed by atoms with Crippen LogP contribution in [-0.2, 0) is 11.3 Å². The minimum Gasteiger partial charge on any atom is -0.337 e. The number of imidazole rings is 1. The van der Waals surface area contributed by atoms with Gasteiger partial charge in [0.15, 0.2) is 5.13 Å². The zero-order valence-corrected chi connectivity index (χ0v) is 19.8. The van der Waals surface area contributed by atoms with Crippen molar-refractivity contribution in [1.29, 1.82) is 0 Å². The smallest absolute Gasteiger partial charge is 0.262 e. The molecule has 10 heteroatoms. The third-order valence-electron chi connectivity index (χ3n) is 5.80. The van der Waals surface area contributed by atoms with Gasteiger partial charge in [0.05, 0.1) is 27.7 Å². The second-order valence-corrected chi connectivity index (χ2v) is 9.37. The first-order valence-corrected chi connectivity index (χ1v) is 11.9. The Morgan fingerprint density at radius 3 is 2.53 bits per heavy atom. The Kier molecular flexibility index (Phi) is 5.89. The van der Waals surface area contributed by atoms with Gasteiger partial charge in [-0.3, -0.25) is 24.2 Å². The summed E-state index contributed by atoms with van der Waals surface area (Å²) in [5.74, 6) is -1.29. The maximum absolute atomic E-state index is 13.5. The summed E-state index contributed by atoms with van der Waals surface area (Å²) in [6.07, 6.45) is 5.91. The molecule has 3 heterocycles. The molecular formula is C24H20ClN5O3S. The SMILES string of the molecule is Cc1c(Cl)ccc2sc(N(CCCn3ccnc3)C(=O)CN3C(=O)c4ccccc4C3=O)nc12. The van der Waals surface area contributed by atoms with Gasteiger partial charge in [-0.15, -0.1) is 0 Å². The number of carbonyl (C=O) groups is 3. The minimum atomic E-state index is -0.459. The predicted molar refractivity (Wildman–Crippen MR) is 130 cm³/mol. The number of anilines is 1. The summed E-state index contributed by atoms with van der Waals surface area (Å²) in [4.78, 5) is 50.3. The molecule has 0 spiro atoms. The lowest BCUT2D eigenvalue weighted by Gasteiger charge is -2.22. The van der Waals surface area contributed by atoms with E-state index in [-0.39, 0.29) is 12.5 Å². The van der Waals surface area contributed by atoms with Crippen molar-refractivity contribution in [3.63, 3.8) is 0 Å². The van der Waals surface area contributed by atoms with E-state index in [2.05, 4.69) is 4.98 Å². The number of hydrogen-bond donors (Lipinski definition) is 0. The number of hydrogen-bond acceptors (Lipinski definition) is 6. The molecule has 0 bridgehead atoms. The van der Waals surface area contributed by atoms with Gasteiger partial charge in [-0.1, -0.05) is 35.1 Å². The van der Waals surface area contributed by atoms with Crippen LogP contribution < -0.4 is 4.90 Å². The van der Waals surface area contributed by atoms with Gasteiger partial charge < -0.3 is 4.57 Å². The first-order valence-electron chi connectivity index (χ1n) is 10.7. The van der Waals surface area contributed by atoms with E-state index in [4.69, 9.17) is 16.6 Å². The van der Waals surface area contributed by atoms with Gasteiger partial charge in [0, 0.05) is 30.5 Å². The topological polar surface area (TPSA) is 88.4 Å². The molecule has 2 aromatic heterocycles. The molecule has 34 heavy (non-hydrogen) atoms. The molecule has 0 aliphatic carbocycles.